The van der Waals surface area contributed by atoms with E-state index >= 15 is 0 Å². The molecule has 0 aromatic heterocycles. The Bertz CT molecular complexity index is 361. The molecule has 1 atom stereocenters. The lowest BCUT2D eigenvalue weighted by Gasteiger charge is -2.10. The normalized spacial score (nSPS) is 31.4. The molecule has 1 fully saturated rings. The van der Waals surface area contributed by atoms with E-state index in [1.807, 2.05) is 5.32 Å². The van der Waals surface area contributed by atoms with Crippen LogP contribution >= 0.6 is 0 Å². The number of rotatable bonds is 0. The topological polar surface area (TPSA) is 126 Å². The Hall–Kier alpha value is -2.12. The van der Waals surface area contributed by atoms with Crippen molar-refractivity contribution in [3.8, 4) is 0 Å². The first-order chi connectivity index (χ1) is 6.04. The highest BCUT2D eigenvalue weighted by molar-refractivity contribution is 6.25. The van der Waals surface area contributed by atoms with Crippen LogP contribution in [-0.2, 0) is 9.59 Å². The molecule has 8 nitrogen and oxygen atoms in total. The molecule has 2 rings (SSSR count). The van der Waals surface area contributed by atoms with Crippen LogP contribution in [0.3, 0.4) is 0 Å². The molecule has 0 saturated carbocycles. The van der Waals surface area contributed by atoms with Crippen molar-refractivity contribution < 1.29 is 14.4 Å². The highest BCUT2D eigenvalue weighted by Crippen LogP contribution is 2.16. The third kappa shape index (κ3) is 0.789. The Morgan fingerprint density at radius 3 is 2.15 bits per heavy atom. The van der Waals surface area contributed by atoms with E-state index < -0.39 is 23.5 Å². The number of carbonyl (C=O) groups excluding carboxylic acids is 3. The molecule has 13 heavy (non-hydrogen) atoms. The number of urea groups is 1. The molecule has 1 saturated heterocycles. The molecule has 2 heterocycles. The standard InChI is InChI=1S/C5H5N5O3/c6-3-7-1(11)5(9-3)2(12)8-4(13)10-5/h(H3,6,7,9,11)(H2,8,10,12,13). The molecule has 0 aliphatic carbocycles. The molecule has 1 unspecified atom stereocenters. The van der Waals surface area contributed by atoms with Gasteiger partial charge in [-0.15, -0.1) is 0 Å². The van der Waals surface area contributed by atoms with Crippen molar-refractivity contribution in [3.63, 3.8) is 0 Å². The van der Waals surface area contributed by atoms with E-state index in [1.54, 1.807) is 0 Å². The summed E-state index contributed by atoms with van der Waals surface area (Å²) in [7, 11) is 0. The number of hydrogen-bond donors (Lipinski definition) is 4. The number of aliphatic imine (C=N–C) groups is 1. The van der Waals surface area contributed by atoms with E-state index in [0.717, 1.165) is 0 Å². The largest absolute Gasteiger partial charge is 0.370 e. The minimum absolute atomic E-state index is 0.192. The van der Waals surface area contributed by atoms with Crippen molar-refractivity contribution in [3.05, 3.63) is 0 Å². The van der Waals surface area contributed by atoms with E-state index in [0.29, 0.717) is 0 Å². The van der Waals surface area contributed by atoms with Gasteiger partial charge in [0.05, 0.1) is 0 Å². The van der Waals surface area contributed by atoms with Crippen LogP contribution in [0, 0.1) is 0 Å². The molecule has 68 valence electrons. The number of guanidine groups is 1. The van der Waals surface area contributed by atoms with Crippen LogP contribution in [0.2, 0.25) is 0 Å². The quantitative estimate of drug-likeness (QED) is 0.235. The monoisotopic (exact) mass is 183 g/mol. The summed E-state index contributed by atoms with van der Waals surface area (Å²) in [6.07, 6.45) is 0. The fraction of sp³-hybridized carbons (Fsp3) is 0.200. The first-order valence-electron chi connectivity index (χ1n) is 3.35. The second-order valence-corrected chi connectivity index (χ2v) is 2.57. The number of nitrogens with one attached hydrogen (secondary N) is 3. The number of hydrogen-bond acceptors (Lipinski definition) is 5. The van der Waals surface area contributed by atoms with Gasteiger partial charge in [0, 0.05) is 0 Å². The predicted octanol–water partition coefficient (Wildman–Crippen LogP) is -3.03. The maximum atomic E-state index is 11.2. The van der Waals surface area contributed by atoms with E-state index in [1.165, 1.54) is 0 Å². The van der Waals surface area contributed by atoms with Crippen molar-refractivity contribution in [2.24, 2.45) is 10.7 Å². The first-order valence-corrected chi connectivity index (χ1v) is 3.35. The molecule has 1 spiro atoms. The second kappa shape index (κ2) is 1.97. The number of nitrogens with two attached hydrogens (primary N) is 1. The Balaban J connectivity index is 2.46. The van der Waals surface area contributed by atoms with Gasteiger partial charge in [0.2, 0.25) is 0 Å². The number of nitrogens with zero attached hydrogens (tertiary/aromatic N) is 1. The lowest BCUT2D eigenvalue weighted by atomic mass is 10.2. The van der Waals surface area contributed by atoms with Gasteiger partial charge in [0.25, 0.3) is 17.5 Å². The highest BCUT2D eigenvalue weighted by Gasteiger charge is 2.56. The molecular formula is C5H5N5O3. The van der Waals surface area contributed by atoms with Gasteiger partial charge >= 0.3 is 6.03 Å². The van der Waals surface area contributed by atoms with Crippen molar-refractivity contribution >= 4 is 23.8 Å². The van der Waals surface area contributed by atoms with Crippen molar-refractivity contribution in [2.45, 2.75) is 5.66 Å². The van der Waals surface area contributed by atoms with E-state index in [9.17, 15) is 14.4 Å². The zero-order valence-electron chi connectivity index (χ0n) is 6.25. The molecule has 5 N–H and O–H groups in total. The average Bonchev–Trinajstić information content (AvgIpc) is 2.40. The summed E-state index contributed by atoms with van der Waals surface area (Å²) < 4.78 is 0. The lowest BCUT2D eigenvalue weighted by Crippen LogP contribution is -2.53. The number of imide groups is 1. The third-order valence-electron chi connectivity index (χ3n) is 1.71. The minimum Gasteiger partial charge on any atom is -0.370 e. The van der Waals surface area contributed by atoms with Gasteiger partial charge in [-0.2, -0.15) is 0 Å². The summed E-state index contributed by atoms with van der Waals surface area (Å²) in [6.45, 7) is 0. The summed E-state index contributed by atoms with van der Waals surface area (Å²) in [6, 6.07) is -0.765. The average molecular weight is 183 g/mol. The smallest absolute Gasteiger partial charge is 0.324 e. The van der Waals surface area contributed by atoms with Crippen LogP contribution in [0.25, 0.3) is 0 Å². The van der Waals surface area contributed by atoms with E-state index in [2.05, 4.69) is 15.6 Å². The molecule has 0 bridgehead atoms. The minimum atomic E-state index is -1.89. The highest BCUT2D eigenvalue weighted by atomic mass is 16.2. The molecule has 0 aromatic carbocycles. The van der Waals surface area contributed by atoms with E-state index in [-0.39, 0.29) is 5.96 Å². The third-order valence-corrected chi connectivity index (χ3v) is 1.71. The summed E-state index contributed by atoms with van der Waals surface area (Å²) in [4.78, 5) is 36.6. The maximum absolute atomic E-state index is 11.2. The molecule has 2 aliphatic rings. The van der Waals surface area contributed by atoms with Gasteiger partial charge in [-0.25, -0.2) is 9.79 Å². The van der Waals surface area contributed by atoms with E-state index in [4.69, 9.17) is 5.73 Å². The Kier molecular flexibility index (Phi) is 1.14. The fourth-order valence-electron chi connectivity index (χ4n) is 1.15. The molecule has 0 aromatic rings. The lowest BCUT2D eigenvalue weighted by molar-refractivity contribution is -0.133. The van der Waals surface area contributed by atoms with Gasteiger partial charge in [0.15, 0.2) is 5.96 Å². The Morgan fingerprint density at radius 2 is 1.77 bits per heavy atom. The van der Waals surface area contributed by atoms with Crippen molar-refractivity contribution in [1.82, 2.24) is 16.0 Å². The van der Waals surface area contributed by atoms with Gasteiger partial charge in [-0.3, -0.25) is 25.5 Å². The maximum Gasteiger partial charge on any atom is 0.324 e. The second-order valence-electron chi connectivity index (χ2n) is 2.57. The Morgan fingerprint density at radius 1 is 1.15 bits per heavy atom. The SMILES string of the molecule is NC1=NC2(NC(=O)NC2=O)C(=O)N1. The molecular weight excluding hydrogens is 178 g/mol. The predicted molar refractivity (Wildman–Crippen MR) is 39.2 cm³/mol. The fourth-order valence-corrected chi connectivity index (χ4v) is 1.15. The molecule has 2 aliphatic heterocycles. The van der Waals surface area contributed by atoms with Crippen molar-refractivity contribution in [1.29, 1.82) is 0 Å². The van der Waals surface area contributed by atoms with Crippen LogP contribution in [0.1, 0.15) is 0 Å². The summed E-state index contributed by atoms with van der Waals surface area (Å²) in [5.41, 5.74) is 3.29. The summed E-state index contributed by atoms with van der Waals surface area (Å²) in [5.74, 6) is -1.77. The first kappa shape index (κ1) is 7.53. The summed E-state index contributed by atoms with van der Waals surface area (Å²) in [5, 5.41) is 6.08. The van der Waals surface area contributed by atoms with Crippen LogP contribution in [0.15, 0.2) is 4.99 Å². The van der Waals surface area contributed by atoms with Gasteiger partial charge in [-0.05, 0) is 0 Å². The molecule has 0 radical (unpaired) electrons. The molecule has 4 amide bonds. The molecule has 8 heteroatoms. The van der Waals surface area contributed by atoms with Gasteiger partial charge in [-0.1, -0.05) is 0 Å². The van der Waals surface area contributed by atoms with Crippen LogP contribution in [0.5, 0.6) is 0 Å². The van der Waals surface area contributed by atoms with Gasteiger partial charge in [0.1, 0.15) is 0 Å². The number of amides is 4. The van der Waals surface area contributed by atoms with Crippen molar-refractivity contribution in [2.75, 3.05) is 0 Å². The van der Waals surface area contributed by atoms with Crippen LogP contribution < -0.4 is 21.7 Å². The van der Waals surface area contributed by atoms with Crippen LogP contribution in [-0.4, -0.2) is 29.5 Å². The number of carbonyl (C=O) groups is 3. The summed E-state index contributed by atoms with van der Waals surface area (Å²) >= 11 is 0. The van der Waals surface area contributed by atoms with Crippen LogP contribution in [0.4, 0.5) is 4.79 Å². The van der Waals surface area contributed by atoms with Gasteiger partial charge < -0.3 is 5.73 Å². The Labute approximate surface area is 71.6 Å². The zero-order chi connectivity index (χ0) is 9.64. The zero-order valence-corrected chi connectivity index (χ0v) is 6.25.